The minimum Gasteiger partial charge on any atom is -0.379 e. The van der Waals surface area contributed by atoms with Gasteiger partial charge < -0.3 is 25.0 Å². The molecule has 2 N–H and O–H groups in total. The molecule has 0 aromatic carbocycles. The molecule has 2 aliphatic heterocycles. The van der Waals surface area contributed by atoms with Crippen molar-refractivity contribution in [1.29, 1.82) is 0 Å². The number of guanidine groups is 1. The number of aliphatic imine (C=N–C) groups is 1. The van der Waals surface area contributed by atoms with Gasteiger partial charge in [-0.25, -0.2) is 0 Å². The quantitative estimate of drug-likeness (QED) is 0.397. The molecule has 3 unspecified atom stereocenters. The maximum absolute atomic E-state index is 5.77. The summed E-state index contributed by atoms with van der Waals surface area (Å²) in [6.45, 7) is 12.4. The Balaban J connectivity index is 1.50. The summed E-state index contributed by atoms with van der Waals surface area (Å²) in [5, 5.41) is 6.77. The van der Waals surface area contributed by atoms with Gasteiger partial charge in [-0.05, 0) is 31.1 Å². The Hall–Kier alpha value is -0.850. The largest absolute Gasteiger partial charge is 0.379 e. The van der Waals surface area contributed by atoms with Crippen LogP contribution in [0.1, 0.15) is 33.1 Å². The van der Waals surface area contributed by atoms with Gasteiger partial charge in [0.1, 0.15) is 0 Å². The molecular formula is C18H36N4O2. The van der Waals surface area contributed by atoms with Crippen molar-refractivity contribution >= 4 is 5.96 Å². The molecule has 0 radical (unpaired) electrons. The van der Waals surface area contributed by atoms with Gasteiger partial charge in [-0.1, -0.05) is 13.8 Å². The van der Waals surface area contributed by atoms with Gasteiger partial charge in [0.2, 0.25) is 0 Å². The summed E-state index contributed by atoms with van der Waals surface area (Å²) in [4.78, 5) is 6.86. The summed E-state index contributed by atoms with van der Waals surface area (Å²) in [7, 11) is 1.83. The molecule has 6 nitrogen and oxygen atoms in total. The maximum atomic E-state index is 5.77. The molecule has 2 fully saturated rings. The average molecular weight is 341 g/mol. The van der Waals surface area contributed by atoms with E-state index in [1.165, 1.54) is 19.5 Å². The summed E-state index contributed by atoms with van der Waals surface area (Å²) in [5.74, 6) is 2.52. The van der Waals surface area contributed by atoms with Crippen molar-refractivity contribution in [2.75, 3.05) is 59.6 Å². The van der Waals surface area contributed by atoms with Crippen molar-refractivity contribution in [3.63, 3.8) is 0 Å². The first-order valence-corrected chi connectivity index (χ1v) is 9.53. The number of hydrogen-bond acceptors (Lipinski definition) is 4. The van der Waals surface area contributed by atoms with Gasteiger partial charge in [-0.3, -0.25) is 4.99 Å². The fourth-order valence-corrected chi connectivity index (χ4v) is 3.70. The van der Waals surface area contributed by atoms with Crippen molar-refractivity contribution < 1.29 is 9.47 Å². The fraction of sp³-hybridized carbons (Fsp3) is 0.944. The Kier molecular flexibility index (Phi) is 8.84. The highest BCUT2D eigenvalue weighted by Gasteiger charge is 2.21. The molecule has 24 heavy (non-hydrogen) atoms. The van der Waals surface area contributed by atoms with Crippen LogP contribution in [0.3, 0.4) is 0 Å². The predicted molar refractivity (Wildman–Crippen MR) is 98.5 cm³/mol. The third-order valence-electron chi connectivity index (χ3n) is 4.74. The van der Waals surface area contributed by atoms with E-state index < -0.39 is 0 Å². The normalized spacial score (nSPS) is 29.0. The van der Waals surface area contributed by atoms with Gasteiger partial charge >= 0.3 is 0 Å². The van der Waals surface area contributed by atoms with Gasteiger partial charge in [0.15, 0.2) is 5.96 Å². The molecule has 2 saturated heterocycles. The van der Waals surface area contributed by atoms with Crippen LogP contribution in [0.4, 0.5) is 0 Å². The van der Waals surface area contributed by atoms with Crippen LogP contribution in [0, 0.1) is 11.8 Å². The number of ether oxygens (including phenoxy) is 2. The lowest BCUT2D eigenvalue weighted by atomic mass is 9.92. The lowest BCUT2D eigenvalue weighted by Gasteiger charge is -2.35. The number of rotatable bonds is 8. The summed E-state index contributed by atoms with van der Waals surface area (Å²) < 4.78 is 11.1. The van der Waals surface area contributed by atoms with E-state index in [2.05, 4.69) is 34.4 Å². The summed E-state index contributed by atoms with van der Waals surface area (Å²) in [6.07, 6.45) is 3.68. The number of nitrogens with zero attached hydrogens (tertiary/aromatic N) is 2. The summed E-state index contributed by atoms with van der Waals surface area (Å²) in [5.41, 5.74) is 0. The minimum absolute atomic E-state index is 0.303. The number of nitrogens with one attached hydrogen (secondary N) is 2. The van der Waals surface area contributed by atoms with Crippen molar-refractivity contribution in [3.8, 4) is 0 Å². The SMILES string of the molecule is CN=C(NCCCOC1CCOC1)NCCN1CC(C)CC(C)C1. The molecule has 0 saturated carbocycles. The molecule has 2 heterocycles. The molecule has 140 valence electrons. The van der Waals surface area contributed by atoms with E-state index in [0.717, 1.165) is 70.1 Å². The van der Waals surface area contributed by atoms with Crippen molar-refractivity contribution in [2.24, 2.45) is 16.8 Å². The Morgan fingerprint density at radius 3 is 2.62 bits per heavy atom. The highest BCUT2D eigenvalue weighted by molar-refractivity contribution is 5.79. The van der Waals surface area contributed by atoms with Gasteiger partial charge in [-0.15, -0.1) is 0 Å². The van der Waals surface area contributed by atoms with Gasteiger partial charge in [0.05, 0.1) is 12.7 Å². The monoisotopic (exact) mass is 340 g/mol. The van der Waals surface area contributed by atoms with Crippen LogP contribution in [0.5, 0.6) is 0 Å². The van der Waals surface area contributed by atoms with Crippen molar-refractivity contribution in [3.05, 3.63) is 0 Å². The third-order valence-corrected chi connectivity index (χ3v) is 4.74. The van der Waals surface area contributed by atoms with E-state index in [0.29, 0.717) is 6.10 Å². The summed E-state index contributed by atoms with van der Waals surface area (Å²) in [6, 6.07) is 0. The van der Waals surface area contributed by atoms with Crippen LogP contribution in [-0.4, -0.2) is 76.6 Å². The van der Waals surface area contributed by atoms with E-state index in [4.69, 9.17) is 9.47 Å². The molecule has 3 atom stereocenters. The maximum Gasteiger partial charge on any atom is 0.191 e. The molecule has 2 aliphatic rings. The first-order valence-electron chi connectivity index (χ1n) is 9.53. The van der Waals surface area contributed by atoms with Crippen LogP contribution in [0.25, 0.3) is 0 Å². The third kappa shape index (κ3) is 7.36. The topological polar surface area (TPSA) is 58.1 Å². The van der Waals surface area contributed by atoms with Crippen LogP contribution in [0.15, 0.2) is 4.99 Å². The average Bonchev–Trinajstić information content (AvgIpc) is 3.05. The highest BCUT2D eigenvalue weighted by atomic mass is 16.5. The van der Waals surface area contributed by atoms with Gasteiger partial charge in [0.25, 0.3) is 0 Å². The number of likely N-dealkylation sites (tertiary alicyclic amines) is 1. The van der Waals surface area contributed by atoms with Crippen molar-refractivity contribution in [2.45, 2.75) is 39.2 Å². The second-order valence-electron chi connectivity index (χ2n) is 7.34. The second kappa shape index (κ2) is 10.9. The zero-order valence-electron chi connectivity index (χ0n) is 15.7. The van der Waals surface area contributed by atoms with E-state index in [9.17, 15) is 0 Å². The van der Waals surface area contributed by atoms with Crippen LogP contribution in [0.2, 0.25) is 0 Å². The predicted octanol–water partition coefficient (Wildman–Crippen LogP) is 1.32. The van der Waals surface area contributed by atoms with Gasteiger partial charge in [-0.2, -0.15) is 0 Å². The lowest BCUT2D eigenvalue weighted by molar-refractivity contribution is 0.0420. The molecule has 0 aliphatic carbocycles. The van der Waals surface area contributed by atoms with E-state index in [1.807, 2.05) is 7.05 Å². The lowest BCUT2D eigenvalue weighted by Crippen LogP contribution is -2.45. The summed E-state index contributed by atoms with van der Waals surface area (Å²) >= 11 is 0. The number of hydrogen-bond donors (Lipinski definition) is 2. The standard InChI is InChI=1S/C18H36N4O2/c1-15-11-16(2)13-22(12-15)8-7-21-18(19-3)20-6-4-9-24-17-5-10-23-14-17/h15-17H,4-14H2,1-3H3,(H2,19,20,21). The Labute approximate surface area is 147 Å². The van der Waals surface area contributed by atoms with Crippen LogP contribution >= 0.6 is 0 Å². The molecule has 2 rings (SSSR count). The number of piperidine rings is 1. The fourth-order valence-electron chi connectivity index (χ4n) is 3.70. The Bertz CT molecular complexity index is 362. The van der Waals surface area contributed by atoms with Crippen LogP contribution in [-0.2, 0) is 9.47 Å². The van der Waals surface area contributed by atoms with Gasteiger partial charge in [0, 0.05) is 53.0 Å². The van der Waals surface area contributed by atoms with Crippen LogP contribution < -0.4 is 10.6 Å². The van der Waals surface area contributed by atoms with E-state index >= 15 is 0 Å². The van der Waals surface area contributed by atoms with E-state index in [1.54, 1.807) is 0 Å². The molecule has 6 heteroatoms. The second-order valence-corrected chi connectivity index (χ2v) is 7.34. The first-order chi connectivity index (χ1) is 11.7. The molecule has 0 amide bonds. The zero-order valence-corrected chi connectivity index (χ0v) is 15.7. The zero-order chi connectivity index (χ0) is 17.2. The smallest absolute Gasteiger partial charge is 0.191 e. The first kappa shape index (κ1) is 19.5. The van der Waals surface area contributed by atoms with Crippen molar-refractivity contribution in [1.82, 2.24) is 15.5 Å². The highest BCUT2D eigenvalue weighted by Crippen LogP contribution is 2.20. The molecule has 0 aromatic rings. The molecule has 0 bridgehead atoms. The molecule has 0 aromatic heterocycles. The molecular weight excluding hydrogens is 304 g/mol. The van der Waals surface area contributed by atoms with E-state index in [-0.39, 0.29) is 0 Å². The molecule has 0 spiro atoms. The Morgan fingerprint density at radius 1 is 1.21 bits per heavy atom. The minimum atomic E-state index is 0.303. The Morgan fingerprint density at radius 2 is 1.96 bits per heavy atom.